The lowest BCUT2D eigenvalue weighted by atomic mass is 10.5. The van der Waals surface area contributed by atoms with E-state index in [0.29, 0.717) is 0 Å². The molecule has 0 aromatic carbocycles. The quantitative estimate of drug-likeness (QED) is 0.631. The standard InChI is InChI=1S/C7H11N3.C2H6/c1-4-5-10-6(2)8-9-7(10)3;1-2/h4H,1,5H2,2-3H3;1-2H3. The number of hydrogen-bond acceptors (Lipinski definition) is 2. The average Bonchev–Trinajstić information content (AvgIpc) is 2.40. The lowest BCUT2D eigenvalue weighted by Gasteiger charge is -1.99. The highest BCUT2D eigenvalue weighted by atomic mass is 15.3. The normalized spacial score (nSPS) is 8.67. The van der Waals surface area contributed by atoms with Crippen molar-refractivity contribution in [1.29, 1.82) is 0 Å². The predicted octanol–water partition coefficient (Wildman–Crippen LogP) is 2.11. The molecule has 1 rings (SSSR count). The summed E-state index contributed by atoms with van der Waals surface area (Å²) in [6.07, 6.45) is 1.84. The summed E-state index contributed by atoms with van der Waals surface area (Å²) >= 11 is 0. The number of nitrogens with zero attached hydrogens (tertiary/aromatic N) is 3. The van der Waals surface area contributed by atoms with E-state index in [-0.39, 0.29) is 0 Å². The van der Waals surface area contributed by atoms with Crippen LogP contribution < -0.4 is 0 Å². The van der Waals surface area contributed by atoms with Crippen LogP contribution in [0.1, 0.15) is 25.5 Å². The van der Waals surface area contributed by atoms with Gasteiger partial charge < -0.3 is 4.57 Å². The molecule has 12 heavy (non-hydrogen) atoms. The van der Waals surface area contributed by atoms with Crippen molar-refractivity contribution in [2.75, 3.05) is 0 Å². The second kappa shape index (κ2) is 5.52. The molecule has 0 amide bonds. The Labute approximate surface area is 74.1 Å². The van der Waals surface area contributed by atoms with Crippen molar-refractivity contribution in [2.45, 2.75) is 34.2 Å². The summed E-state index contributed by atoms with van der Waals surface area (Å²) in [5.74, 6) is 1.88. The van der Waals surface area contributed by atoms with E-state index >= 15 is 0 Å². The topological polar surface area (TPSA) is 30.7 Å². The van der Waals surface area contributed by atoms with Gasteiger partial charge in [-0.3, -0.25) is 0 Å². The van der Waals surface area contributed by atoms with E-state index in [1.54, 1.807) is 0 Å². The lowest BCUT2D eigenvalue weighted by Crippen LogP contribution is -1.99. The molecular weight excluding hydrogens is 150 g/mol. The summed E-state index contributed by atoms with van der Waals surface area (Å²) in [4.78, 5) is 0. The molecule has 0 aliphatic rings. The molecule has 0 radical (unpaired) electrons. The Kier molecular flexibility index (Phi) is 5.00. The Morgan fingerprint density at radius 3 is 2.00 bits per heavy atom. The van der Waals surface area contributed by atoms with Gasteiger partial charge in [0.2, 0.25) is 0 Å². The minimum absolute atomic E-state index is 0.796. The van der Waals surface area contributed by atoms with E-state index in [1.807, 2.05) is 38.3 Å². The highest BCUT2D eigenvalue weighted by molar-refractivity contribution is 4.93. The van der Waals surface area contributed by atoms with E-state index in [4.69, 9.17) is 0 Å². The van der Waals surface area contributed by atoms with Crippen LogP contribution in [0.25, 0.3) is 0 Å². The van der Waals surface area contributed by atoms with Crippen LogP contribution in [-0.4, -0.2) is 14.8 Å². The molecule has 0 saturated heterocycles. The van der Waals surface area contributed by atoms with Crippen LogP contribution in [0, 0.1) is 13.8 Å². The summed E-state index contributed by atoms with van der Waals surface area (Å²) < 4.78 is 2.01. The van der Waals surface area contributed by atoms with Crippen molar-refractivity contribution >= 4 is 0 Å². The molecule has 0 atom stereocenters. The SMILES string of the molecule is C=CCn1c(C)nnc1C.CC. The second-order valence-electron chi connectivity index (χ2n) is 2.19. The van der Waals surface area contributed by atoms with Gasteiger partial charge in [-0.2, -0.15) is 0 Å². The third-order valence-corrected chi connectivity index (χ3v) is 1.43. The van der Waals surface area contributed by atoms with Gasteiger partial charge in [0.1, 0.15) is 11.6 Å². The monoisotopic (exact) mass is 167 g/mol. The molecule has 3 nitrogen and oxygen atoms in total. The number of allylic oxidation sites excluding steroid dienone is 1. The first-order valence-corrected chi connectivity index (χ1v) is 4.23. The molecule has 1 aromatic heterocycles. The third kappa shape index (κ3) is 2.49. The van der Waals surface area contributed by atoms with Crippen molar-refractivity contribution < 1.29 is 0 Å². The van der Waals surface area contributed by atoms with Gasteiger partial charge in [-0.15, -0.1) is 16.8 Å². The van der Waals surface area contributed by atoms with Gasteiger partial charge in [-0.05, 0) is 13.8 Å². The number of aromatic nitrogens is 3. The van der Waals surface area contributed by atoms with E-state index in [2.05, 4.69) is 16.8 Å². The lowest BCUT2D eigenvalue weighted by molar-refractivity contribution is 0.752. The van der Waals surface area contributed by atoms with E-state index in [9.17, 15) is 0 Å². The van der Waals surface area contributed by atoms with Crippen molar-refractivity contribution in [3.63, 3.8) is 0 Å². The second-order valence-corrected chi connectivity index (χ2v) is 2.19. The molecule has 0 N–H and O–H groups in total. The van der Waals surface area contributed by atoms with Crippen molar-refractivity contribution in [1.82, 2.24) is 14.8 Å². The fraction of sp³-hybridized carbons (Fsp3) is 0.556. The molecule has 0 bridgehead atoms. The summed E-state index contributed by atoms with van der Waals surface area (Å²) in [5, 5.41) is 7.80. The first kappa shape index (κ1) is 10.9. The molecule has 3 heteroatoms. The van der Waals surface area contributed by atoms with Gasteiger partial charge >= 0.3 is 0 Å². The molecule has 0 spiro atoms. The maximum Gasteiger partial charge on any atom is 0.130 e. The summed E-state index contributed by atoms with van der Waals surface area (Å²) in [6, 6.07) is 0. The van der Waals surface area contributed by atoms with Crippen molar-refractivity contribution in [3.05, 3.63) is 24.3 Å². The van der Waals surface area contributed by atoms with Crippen LogP contribution >= 0.6 is 0 Å². The van der Waals surface area contributed by atoms with E-state index < -0.39 is 0 Å². The van der Waals surface area contributed by atoms with Crippen LogP contribution in [0.3, 0.4) is 0 Å². The molecule has 68 valence electrons. The maximum atomic E-state index is 3.90. The highest BCUT2D eigenvalue weighted by Gasteiger charge is 1.99. The highest BCUT2D eigenvalue weighted by Crippen LogP contribution is 1.98. The first-order valence-electron chi connectivity index (χ1n) is 4.23. The Morgan fingerprint density at radius 1 is 1.25 bits per heavy atom. The minimum Gasteiger partial charge on any atom is -0.312 e. The largest absolute Gasteiger partial charge is 0.312 e. The molecule has 0 aliphatic heterocycles. The van der Waals surface area contributed by atoms with Crippen molar-refractivity contribution in [3.8, 4) is 0 Å². The van der Waals surface area contributed by atoms with Gasteiger partial charge in [-0.1, -0.05) is 19.9 Å². The zero-order chi connectivity index (χ0) is 9.56. The summed E-state index contributed by atoms with van der Waals surface area (Å²) in [6.45, 7) is 12.3. The zero-order valence-electron chi connectivity index (χ0n) is 8.33. The molecule has 1 aromatic rings. The molecule has 0 aliphatic carbocycles. The fourth-order valence-corrected chi connectivity index (χ4v) is 0.880. The minimum atomic E-state index is 0.796. The van der Waals surface area contributed by atoms with Crippen molar-refractivity contribution in [2.24, 2.45) is 0 Å². The predicted molar refractivity (Wildman–Crippen MR) is 51.0 cm³/mol. The van der Waals surface area contributed by atoms with Gasteiger partial charge in [0.25, 0.3) is 0 Å². The van der Waals surface area contributed by atoms with Gasteiger partial charge in [-0.25, -0.2) is 0 Å². The molecular formula is C9H17N3. The molecule has 0 saturated carbocycles. The summed E-state index contributed by atoms with van der Waals surface area (Å²) in [5.41, 5.74) is 0. The fourth-order valence-electron chi connectivity index (χ4n) is 0.880. The van der Waals surface area contributed by atoms with Gasteiger partial charge in [0.15, 0.2) is 0 Å². The van der Waals surface area contributed by atoms with Crippen LogP contribution in [0.2, 0.25) is 0 Å². The van der Waals surface area contributed by atoms with Crippen LogP contribution in [0.15, 0.2) is 12.7 Å². The van der Waals surface area contributed by atoms with Gasteiger partial charge in [0, 0.05) is 6.54 Å². The molecule has 0 fully saturated rings. The molecule has 0 unspecified atom stereocenters. The Morgan fingerprint density at radius 2 is 1.67 bits per heavy atom. The van der Waals surface area contributed by atoms with Crippen LogP contribution in [0.5, 0.6) is 0 Å². The van der Waals surface area contributed by atoms with Crippen LogP contribution in [0.4, 0.5) is 0 Å². The van der Waals surface area contributed by atoms with E-state index in [0.717, 1.165) is 18.2 Å². The number of hydrogen-bond donors (Lipinski definition) is 0. The maximum absolute atomic E-state index is 3.90. The number of rotatable bonds is 2. The molecule has 1 heterocycles. The first-order chi connectivity index (χ1) is 5.75. The van der Waals surface area contributed by atoms with Gasteiger partial charge in [0.05, 0.1) is 0 Å². The van der Waals surface area contributed by atoms with Crippen LogP contribution in [-0.2, 0) is 6.54 Å². The third-order valence-electron chi connectivity index (χ3n) is 1.43. The number of aryl methyl sites for hydroxylation is 2. The van der Waals surface area contributed by atoms with E-state index in [1.165, 1.54) is 0 Å². The smallest absolute Gasteiger partial charge is 0.130 e. The Bertz CT molecular complexity index is 218. The average molecular weight is 167 g/mol. The Hall–Kier alpha value is -1.12. The summed E-state index contributed by atoms with van der Waals surface area (Å²) in [7, 11) is 0. The Balaban J connectivity index is 0.000000561. The zero-order valence-corrected chi connectivity index (χ0v) is 8.33.